The summed E-state index contributed by atoms with van der Waals surface area (Å²) in [5.74, 6) is 3.34. The molecule has 1 N–H and O–H groups in total. The van der Waals surface area contributed by atoms with Gasteiger partial charge in [-0.15, -0.1) is 12.4 Å². The molecule has 0 aromatic heterocycles. The van der Waals surface area contributed by atoms with Crippen LogP contribution in [-0.2, 0) is 4.79 Å². The average molecular weight is 307 g/mol. The zero-order valence-electron chi connectivity index (χ0n) is 11.9. The van der Waals surface area contributed by atoms with Crippen LogP contribution in [0.15, 0.2) is 0 Å². The van der Waals surface area contributed by atoms with E-state index in [4.69, 9.17) is 0 Å². The third-order valence-electron chi connectivity index (χ3n) is 4.10. The Morgan fingerprint density at radius 2 is 2.05 bits per heavy atom. The van der Waals surface area contributed by atoms with Gasteiger partial charge in [0.1, 0.15) is 0 Å². The van der Waals surface area contributed by atoms with E-state index in [0.717, 1.165) is 24.8 Å². The molecule has 1 aliphatic heterocycles. The number of carbonyl (C=O) groups excluding carboxylic acids is 1. The van der Waals surface area contributed by atoms with Crippen LogP contribution in [0.5, 0.6) is 0 Å². The van der Waals surface area contributed by atoms with Crippen molar-refractivity contribution in [3.63, 3.8) is 0 Å². The SMILES string of the molecule is CN(CC1CCCCC1)C(=O)CC1CSCCN1.Cl. The maximum atomic E-state index is 12.2. The Morgan fingerprint density at radius 1 is 1.32 bits per heavy atom. The minimum Gasteiger partial charge on any atom is -0.345 e. The van der Waals surface area contributed by atoms with Crippen molar-refractivity contribution < 1.29 is 4.79 Å². The predicted octanol–water partition coefficient (Wildman–Crippen LogP) is 2.54. The van der Waals surface area contributed by atoms with Gasteiger partial charge in [0.15, 0.2) is 0 Å². The second kappa shape index (κ2) is 9.09. The molecule has 1 aliphatic carbocycles. The van der Waals surface area contributed by atoms with E-state index in [1.165, 1.54) is 37.9 Å². The Kier molecular flexibility index (Phi) is 8.19. The van der Waals surface area contributed by atoms with Crippen molar-refractivity contribution in [1.82, 2.24) is 10.2 Å². The minimum absolute atomic E-state index is 0. The van der Waals surface area contributed by atoms with Gasteiger partial charge in [0, 0.05) is 44.1 Å². The molecule has 1 atom stereocenters. The highest BCUT2D eigenvalue weighted by Crippen LogP contribution is 2.24. The zero-order valence-corrected chi connectivity index (χ0v) is 13.5. The van der Waals surface area contributed by atoms with Crippen LogP contribution < -0.4 is 5.32 Å². The Hall–Kier alpha value is 0.0700. The Bertz CT molecular complexity index is 266. The van der Waals surface area contributed by atoms with E-state index in [2.05, 4.69) is 5.32 Å². The Balaban J connectivity index is 0.00000180. The third kappa shape index (κ3) is 5.92. The lowest BCUT2D eigenvalue weighted by Gasteiger charge is -2.29. The van der Waals surface area contributed by atoms with Gasteiger partial charge in [-0.3, -0.25) is 4.79 Å². The van der Waals surface area contributed by atoms with Gasteiger partial charge in [0.2, 0.25) is 5.91 Å². The monoisotopic (exact) mass is 306 g/mol. The molecule has 0 aromatic carbocycles. The van der Waals surface area contributed by atoms with Gasteiger partial charge in [0.05, 0.1) is 0 Å². The van der Waals surface area contributed by atoms with Crippen molar-refractivity contribution >= 4 is 30.1 Å². The second-order valence-corrected chi connectivity index (χ2v) is 6.86. The number of nitrogens with one attached hydrogen (secondary N) is 1. The molecule has 2 fully saturated rings. The fourth-order valence-electron chi connectivity index (χ4n) is 2.98. The first kappa shape index (κ1) is 17.1. The molecule has 112 valence electrons. The first-order valence-corrected chi connectivity index (χ1v) is 8.46. The summed E-state index contributed by atoms with van der Waals surface area (Å²) in [6.45, 7) is 2.02. The van der Waals surface area contributed by atoms with Gasteiger partial charge >= 0.3 is 0 Å². The molecule has 0 radical (unpaired) electrons. The van der Waals surface area contributed by atoms with Crippen molar-refractivity contribution in [2.75, 3.05) is 31.6 Å². The summed E-state index contributed by atoms with van der Waals surface area (Å²) < 4.78 is 0. The quantitative estimate of drug-likeness (QED) is 0.866. The predicted molar refractivity (Wildman–Crippen MR) is 85.2 cm³/mol. The molecule has 1 saturated carbocycles. The summed E-state index contributed by atoms with van der Waals surface area (Å²) in [7, 11) is 1.98. The van der Waals surface area contributed by atoms with Crippen LogP contribution in [0.2, 0.25) is 0 Å². The maximum absolute atomic E-state index is 12.2. The number of hydrogen-bond acceptors (Lipinski definition) is 3. The Labute approximate surface area is 127 Å². The first-order valence-electron chi connectivity index (χ1n) is 7.31. The van der Waals surface area contributed by atoms with Gasteiger partial charge in [-0.25, -0.2) is 0 Å². The van der Waals surface area contributed by atoms with Crippen LogP contribution in [-0.4, -0.2) is 48.5 Å². The minimum atomic E-state index is 0. The molecule has 3 nitrogen and oxygen atoms in total. The molecule has 0 bridgehead atoms. The highest BCUT2D eigenvalue weighted by Gasteiger charge is 2.21. The molecule has 2 aliphatic rings. The van der Waals surface area contributed by atoms with E-state index < -0.39 is 0 Å². The topological polar surface area (TPSA) is 32.3 Å². The molecule has 0 aromatic rings. The molecule has 1 heterocycles. The molecule has 0 spiro atoms. The number of nitrogens with zero attached hydrogens (tertiary/aromatic N) is 1. The van der Waals surface area contributed by atoms with Gasteiger partial charge in [-0.2, -0.15) is 11.8 Å². The van der Waals surface area contributed by atoms with Gasteiger partial charge in [-0.05, 0) is 18.8 Å². The fourth-order valence-corrected chi connectivity index (χ4v) is 3.93. The standard InChI is InChI=1S/C14H26N2OS.ClH/c1-16(10-12-5-3-2-4-6-12)14(17)9-13-11-18-8-7-15-13;/h12-13,15H,2-11H2,1H3;1H. The van der Waals surface area contributed by atoms with Gasteiger partial charge in [0.25, 0.3) is 0 Å². The second-order valence-electron chi connectivity index (χ2n) is 5.71. The van der Waals surface area contributed by atoms with Crippen LogP contribution >= 0.6 is 24.2 Å². The van der Waals surface area contributed by atoms with E-state index in [1.54, 1.807) is 0 Å². The molecule has 2 rings (SSSR count). The summed E-state index contributed by atoms with van der Waals surface area (Å²) in [5.41, 5.74) is 0. The van der Waals surface area contributed by atoms with Crippen molar-refractivity contribution in [2.45, 2.75) is 44.6 Å². The van der Waals surface area contributed by atoms with E-state index in [1.807, 2.05) is 23.7 Å². The van der Waals surface area contributed by atoms with Crippen molar-refractivity contribution in [3.05, 3.63) is 0 Å². The summed E-state index contributed by atoms with van der Waals surface area (Å²) in [4.78, 5) is 14.1. The Morgan fingerprint density at radius 3 is 2.68 bits per heavy atom. The summed E-state index contributed by atoms with van der Waals surface area (Å²) in [6.07, 6.45) is 7.40. The number of thioether (sulfide) groups is 1. The molecule has 1 saturated heterocycles. The normalized spacial score (nSPS) is 24.6. The molecule has 5 heteroatoms. The molecule has 1 unspecified atom stereocenters. The van der Waals surface area contributed by atoms with Crippen molar-refractivity contribution in [1.29, 1.82) is 0 Å². The van der Waals surface area contributed by atoms with E-state index >= 15 is 0 Å². The van der Waals surface area contributed by atoms with Crippen LogP contribution in [0.25, 0.3) is 0 Å². The largest absolute Gasteiger partial charge is 0.345 e. The molecule has 1 amide bonds. The summed E-state index contributed by atoms with van der Waals surface area (Å²) in [5, 5.41) is 3.44. The number of rotatable bonds is 4. The number of hydrogen-bond donors (Lipinski definition) is 1. The van der Waals surface area contributed by atoms with E-state index in [0.29, 0.717) is 18.4 Å². The lowest BCUT2D eigenvalue weighted by atomic mass is 9.89. The third-order valence-corrected chi connectivity index (χ3v) is 5.23. The lowest BCUT2D eigenvalue weighted by molar-refractivity contribution is -0.131. The van der Waals surface area contributed by atoms with Crippen LogP contribution in [0.1, 0.15) is 38.5 Å². The van der Waals surface area contributed by atoms with Crippen LogP contribution in [0, 0.1) is 5.92 Å². The molecular formula is C14H27ClN2OS. The highest BCUT2D eigenvalue weighted by atomic mass is 35.5. The average Bonchev–Trinajstić information content (AvgIpc) is 2.41. The number of carbonyl (C=O) groups is 1. The number of amides is 1. The molecular weight excluding hydrogens is 280 g/mol. The zero-order chi connectivity index (χ0) is 12.8. The lowest BCUT2D eigenvalue weighted by Crippen LogP contribution is -2.42. The van der Waals surface area contributed by atoms with E-state index in [-0.39, 0.29) is 12.4 Å². The fraction of sp³-hybridized carbons (Fsp3) is 0.929. The first-order chi connectivity index (χ1) is 8.75. The van der Waals surface area contributed by atoms with Gasteiger partial charge in [-0.1, -0.05) is 19.3 Å². The maximum Gasteiger partial charge on any atom is 0.223 e. The summed E-state index contributed by atoms with van der Waals surface area (Å²) >= 11 is 1.96. The molecule has 19 heavy (non-hydrogen) atoms. The van der Waals surface area contributed by atoms with Crippen molar-refractivity contribution in [3.8, 4) is 0 Å². The van der Waals surface area contributed by atoms with Crippen molar-refractivity contribution in [2.24, 2.45) is 5.92 Å². The smallest absolute Gasteiger partial charge is 0.223 e. The summed E-state index contributed by atoms with van der Waals surface area (Å²) in [6, 6.07) is 0.394. The van der Waals surface area contributed by atoms with Crippen LogP contribution in [0.3, 0.4) is 0 Å². The highest BCUT2D eigenvalue weighted by molar-refractivity contribution is 7.99. The van der Waals surface area contributed by atoms with Gasteiger partial charge < -0.3 is 10.2 Å². The van der Waals surface area contributed by atoms with Crippen LogP contribution in [0.4, 0.5) is 0 Å². The number of halogens is 1. The van der Waals surface area contributed by atoms with E-state index in [9.17, 15) is 4.79 Å².